The third-order valence-electron chi connectivity index (χ3n) is 4.18. The van der Waals surface area contributed by atoms with Gasteiger partial charge in [-0.15, -0.1) is 22.7 Å². The van der Waals surface area contributed by atoms with Crippen LogP contribution in [0.5, 0.6) is 0 Å². The zero-order chi connectivity index (χ0) is 17.1. The van der Waals surface area contributed by atoms with Crippen molar-refractivity contribution < 1.29 is 19.2 Å². The number of hydrogen-bond donors (Lipinski definition) is 2. The van der Waals surface area contributed by atoms with Crippen LogP contribution in [0, 0.1) is 0 Å². The molecule has 1 amide bonds. The number of rotatable bonds is 5. The number of hydrogen-bond acceptors (Lipinski definition) is 5. The molecule has 0 aliphatic carbocycles. The zero-order valence-electron chi connectivity index (χ0n) is 13.8. The molecular formula is C17H21N2O3S2+. The Kier molecular flexibility index (Phi) is 5.33. The molecule has 0 saturated carbocycles. The molecule has 0 fully saturated rings. The lowest BCUT2D eigenvalue weighted by atomic mass is 10.0. The van der Waals surface area contributed by atoms with Crippen LogP contribution in [0.15, 0.2) is 17.5 Å². The minimum Gasteiger partial charge on any atom is -0.462 e. The maximum atomic E-state index is 12.4. The molecule has 1 aliphatic heterocycles. The number of likely N-dealkylation sites (N-methyl/N-ethyl adjacent to an activating group) is 1. The van der Waals surface area contributed by atoms with Crippen LogP contribution < -0.4 is 10.2 Å². The molecule has 0 aromatic carbocycles. The van der Waals surface area contributed by atoms with E-state index < -0.39 is 0 Å². The summed E-state index contributed by atoms with van der Waals surface area (Å²) in [5, 5.41) is 5.41. The quantitative estimate of drug-likeness (QED) is 0.799. The van der Waals surface area contributed by atoms with Gasteiger partial charge in [0.25, 0.3) is 5.91 Å². The van der Waals surface area contributed by atoms with E-state index in [9.17, 15) is 9.59 Å². The third-order valence-corrected chi connectivity index (χ3v) is 6.20. The molecule has 3 heterocycles. The van der Waals surface area contributed by atoms with Crippen molar-refractivity contribution in [3.8, 4) is 0 Å². The SMILES string of the molecule is CCOC(=O)c1c(NC(=O)c2cccs2)sc2c1CC[NH+](CC)C2. The van der Waals surface area contributed by atoms with Gasteiger partial charge >= 0.3 is 5.97 Å². The summed E-state index contributed by atoms with van der Waals surface area (Å²) in [6.45, 7) is 7.25. The predicted molar refractivity (Wildman–Crippen MR) is 96.3 cm³/mol. The van der Waals surface area contributed by atoms with Gasteiger partial charge in [0.05, 0.1) is 35.0 Å². The van der Waals surface area contributed by atoms with E-state index in [4.69, 9.17) is 4.74 Å². The highest BCUT2D eigenvalue weighted by atomic mass is 32.1. The topological polar surface area (TPSA) is 59.8 Å². The molecule has 128 valence electrons. The Labute approximate surface area is 149 Å². The Hall–Kier alpha value is -1.70. The fourth-order valence-corrected chi connectivity index (χ4v) is 4.84. The van der Waals surface area contributed by atoms with Gasteiger partial charge in [-0.05, 0) is 30.9 Å². The van der Waals surface area contributed by atoms with Gasteiger partial charge in [-0.3, -0.25) is 4.79 Å². The van der Waals surface area contributed by atoms with Crippen molar-refractivity contribution in [1.82, 2.24) is 0 Å². The first-order valence-electron chi connectivity index (χ1n) is 8.14. The molecule has 1 aliphatic rings. The molecule has 7 heteroatoms. The van der Waals surface area contributed by atoms with Crippen molar-refractivity contribution in [2.45, 2.75) is 26.8 Å². The Bertz CT molecular complexity index is 737. The van der Waals surface area contributed by atoms with E-state index in [1.165, 1.54) is 32.5 Å². The Morgan fingerprint density at radius 3 is 2.88 bits per heavy atom. The summed E-state index contributed by atoms with van der Waals surface area (Å²) in [4.78, 5) is 28.2. The number of esters is 1. The molecule has 2 aromatic rings. The van der Waals surface area contributed by atoms with Crippen molar-refractivity contribution in [2.24, 2.45) is 0 Å². The molecule has 0 radical (unpaired) electrons. The monoisotopic (exact) mass is 365 g/mol. The van der Waals surface area contributed by atoms with Crippen LogP contribution in [0.1, 0.15) is 44.3 Å². The minimum absolute atomic E-state index is 0.172. The minimum atomic E-state index is -0.337. The van der Waals surface area contributed by atoms with Gasteiger partial charge in [-0.1, -0.05) is 6.07 Å². The van der Waals surface area contributed by atoms with E-state index in [2.05, 4.69) is 12.2 Å². The number of nitrogens with one attached hydrogen (secondary N) is 2. The largest absolute Gasteiger partial charge is 0.462 e. The van der Waals surface area contributed by atoms with E-state index in [1.807, 2.05) is 11.4 Å². The van der Waals surface area contributed by atoms with Gasteiger partial charge in [0, 0.05) is 6.42 Å². The van der Waals surface area contributed by atoms with Gasteiger partial charge in [0.15, 0.2) is 0 Å². The summed E-state index contributed by atoms with van der Waals surface area (Å²) >= 11 is 2.90. The van der Waals surface area contributed by atoms with Crippen molar-refractivity contribution >= 4 is 39.6 Å². The summed E-state index contributed by atoms with van der Waals surface area (Å²) in [6, 6.07) is 3.62. The maximum Gasteiger partial charge on any atom is 0.341 e. The van der Waals surface area contributed by atoms with E-state index >= 15 is 0 Å². The Morgan fingerprint density at radius 1 is 1.38 bits per heavy atom. The molecule has 3 rings (SSSR count). The van der Waals surface area contributed by atoms with E-state index in [0.717, 1.165) is 31.6 Å². The fraction of sp³-hybridized carbons (Fsp3) is 0.412. The normalized spacial score (nSPS) is 16.5. The fourth-order valence-electron chi connectivity index (χ4n) is 2.92. The molecule has 24 heavy (non-hydrogen) atoms. The van der Waals surface area contributed by atoms with E-state index in [1.54, 1.807) is 13.0 Å². The molecule has 0 spiro atoms. The lowest BCUT2D eigenvalue weighted by Gasteiger charge is -2.22. The van der Waals surface area contributed by atoms with Gasteiger partial charge in [0.1, 0.15) is 11.5 Å². The van der Waals surface area contributed by atoms with Crippen LogP contribution in [0.25, 0.3) is 0 Å². The summed E-state index contributed by atoms with van der Waals surface area (Å²) < 4.78 is 5.23. The molecule has 2 aromatic heterocycles. The second kappa shape index (κ2) is 7.46. The molecule has 1 atom stereocenters. The van der Waals surface area contributed by atoms with Crippen LogP contribution in [-0.2, 0) is 17.7 Å². The average Bonchev–Trinajstić information content (AvgIpc) is 3.21. The van der Waals surface area contributed by atoms with Crippen LogP contribution in [0.4, 0.5) is 5.00 Å². The molecule has 1 unspecified atom stereocenters. The highest BCUT2D eigenvalue weighted by molar-refractivity contribution is 7.17. The number of carbonyl (C=O) groups is 2. The second-order valence-electron chi connectivity index (χ2n) is 5.64. The summed E-state index contributed by atoms with van der Waals surface area (Å²) in [5.74, 6) is -0.509. The Balaban J connectivity index is 1.93. The van der Waals surface area contributed by atoms with Gasteiger partial charge in [0.2, 0.25) is 0 Å². The molecule has 0 saturated heterocycles. The van der Waals surface area contributed by atoms with E-state index in [0.29, 0.717) is 22.0 Å². The summed E-state index contributed by atoms with van der Waals surface area (Å²) in [5.41, 5.74) is 1.61. The van der Waals surface area contributed by atoms with E-state index in [-0.39, 0.29) is 11.9 Å². The standard InChI is InChI=1S/C17H20N2O3S2/c1-3-19-8-7-11-13(10-19)24-16(14(11)17(21)22-4-2)18-15(20)12-6-5-9-23-12/h5-6,9H,3-4,7-8,10H2,1-2H3,(H,18,20)/p+1. The lowest BCUT2D eigenvalue weighted by molar-refractivity contribution is -0.913. The zero-order valence-corrected chi connectivity index (χ0v) is 15.4. The third kappa shape index (κ3) is 3.38. The van der Waals surface area contributed by atoms with Crippen LogP contribution >= 0.6 is 22.7 Å². The highest BCUT2D eigenvalue weighted by Crippen LogP contribution is 2.35. The average molecular weight is 366 g/mol. The molecular weight excluding hydrogens is 344 g/mol. The van der Waals surface area contributed by atoms with Crippen molar-refractivity contribution in [1.29, 1.82) is 0 Å². The maximum absolute atomic E-state index is 12.4. The molecule has 2 N–H and O–H groups in total. The predicted octanol–water partition coefficient (Wildman–Crippen LogP) is 2.20. The number of quaternary nitrogens is 1. The van der Waals surface area contributed by atoms with Crippen LogP contribution in [-0.4, -0.2) is 31.6 Å². The van der Waals surface area contributed by atoms with Crippen molar-refractivity contribution in [3.63, 3.8) is 0 Å². The number of fused-ring (bicyclic) bond motifs is 1. The first kappa shape index (κ1) is 17.1. The van der Waals surface area contributed by atoms with Crippen molar-refractivity contribution in [2.75, 3.05) is 25.0 Å². The molecule has 0 bridgehead atoms. The number of anilines is 1. The van der Waals surface area contributed by atoms with Crippen molar-refractivity contribution in [3.05, 3.63) is 38.4 Å². The smallest absolute Gasteiger partial charge is 0.341 e. The number of ether oxygens (including phenoxy) is 1. The van der Waals surface area contributed by atoms with Gasteiger partial charge in [-0.25, -0.2) is 4.79 Å². The van der Waals surface area contributed by atoms with Crippen LogP contribution in [0.2, 0.25) is 0 Å². The van der Waals surface area contributed by atoms with Gasteiger partial charge in [-0.2, -0.15) is 0 Å². The van der Waals surface area contributed by atoms with Gasteiger partial charge < -0.3 is 15.0 Å². The lowest BCUT2D eigenvalue weighted by Crippen LogP contribution is -3.11. The summed E-state index contributed by atoms with van der Waals surface area (Å²) in [6.07, 6.45) is 0.845. The van der Waals surface area contributed by atoms with Crippen LogP contribution in [0.3, 0.4) is 0 Å². The number of amides is 1. The second-order valence-corrected chi connectivity index (χ2v) is 7.69. The number of carbonyl (C=O) groups excluding carboxylic acids is 2. The Morgan fingerprint density at radius 2 is 2.21 bits per heavy atom. The first-order chi connectivity index (χ1) is 11.6. The summed E-state index contributed by atoms with van der Waals surface area (Å²) in [7, 11) is 0. The first-order valence-corrected chi connectivity index (χ1v) is 9.83. The highest BCUT2D eigenvalue weighted by Gasteiger charge is 2.31. The number of thiophene rings is 2. The molecule has 5 nitrogen and oxygen atoms in total.